The highest BCUT2D eigenvalue weighted by Crippen LogP contribution is 2.23. The summed E-state index contributed by atoms with van der Waals surface area (Å²) in [4.78, 5) is 11.2. The molecule has 1 amide bonds. The van der Waals surface area contributed by atoms with E-state index in [-0.39, 0.29) is 17.4 Å². The summed E-state index contributed by atoms with van der Waals surface area (Å²) in [5.74, 6) is -1.19. The zero-order valence-corrected chi connectivity index (χ0v) is 9.41. The maximum Gasteiger partial charge on any atom is 0.255 e. The molecule has 17 heavy (non-hydrogen) atoms. The maximum absolute atomic E-state index is 13.5. The Morgan fingerprint density at radius 1 is 1.41 bits per heavy atom. The van der Waals surface area contributed by atoms with Crippen LogP contribution < -0.4 is 15.8 Å². The van der Waals surface area contributed by atoms with Crippen LogP contribution in [-0.2, 0) is 0 Å². The molecule has 1 aromatic rings. The van der Waals surface area contributed by atoms with Gasteiger partial charge in [0.2, 0.25) is 0 Å². The van der Waals surface area contributed by atoms with Crippen LogP contribution in [0, 0.1) is 5.82 Å². The normalized spacial score (nSPS) is 16.8. The molecule has 4 nitrogen and oxygen atoms in total. The molecule has 0 aromatic heterocycles. The largest absolute Gasteiger partial charge is 0.489 e. The second-order valence-corrected chi connectivity index (χ2v) is 4.04. The minimum absolute atomic E-state index is 0.0103. The predicted octanol–water partition coefficient (Wildman–Crippen LogP) is 1.06. The number of carbonyl (C=O) groups is 1. The van der Waals surface area contributed by atoms with E-state index in [0.29, 0.717) is 0 Å². The molecule has 1 aromatic carbocycles. The van der Waals surface area contributed by atoms with E-state index in [2.05, 4.69) is 5.32 Å². The van der Waals surface area contributed by atoms with E-state index in [1.807, 2.05) is 0 Å². The Kier molecular flexibility index (Phi) is 3.58. The van der Waals surface area contributed by atoms with Gasteiger partial charge in [0.25, 0.3) is 5.91 Å². The average molecular weight is 238 g/mol. The molecule has 1 saturated heterocycles. The van der Waals surface area contributed by atoms with Gasteiger partial charge in [-0.1, -0.05) is 6.07 Å². The third-order valence-electron chi connectivity index (χ3n) is 2.80. The van der Waals surface area contributed by atoms with Crippen LogP contribution in [0.4, 0.5) is 4.39 Å². The van der Waals surface area contributed by atoms with Gasteiger partial charge in [0.1, 0.15) is 23.2 Å². The number of hydrogen-bond donors (Lipinski definition) is 2. The lowest BCUT2D eigenvalue weighted by Gasteiger charge is -2.24. The topological polar surface area (TPSA) is 64.4 Å². The molecular formula is C12H15FN2O2. The smallest absolute Gasteiger partial charge is 0.255 e. The predicted molar refractivity (Wildman–Crippen MR) is 61.4 cm³/mol. The van der Waals surface area contributed by atoms with Crippen LogP contribution in [0.5, 0.6) is 5.75 Å². The van der Waals surface area contributed by atoms with Gasteiger partial charge < -0.3 is 15.8 Å². The summed E-state index contributed by atoms with van der Waals surface area (Å²) in [6.45, 7) is 1.73. The van der Waals surface area contributed by atoms with Crippen LogP contribution >= 0.6 is 0 Å². The lowest BCUT2D eigenvalue weighted by Crippen LogP contribution is -2.34. The molecule has 1 heterocycles. The molecule has 1 aliphatic heterocycles. The Morgan fingerprint density at radius 3 is 2.76 bits per heavy atom. The summed E-state index contributed by atoms with van der Waals surface area (Å²) >= 11 is 0. The molecular weight excluding hydrogens is 223 g/mol. The first-order chi connectivity index (χ1) is 8.18. The summed E-state index contributed by atoms with van der Waals surface area (Å²) in [6, 6.07) is 4.29. The Balaban J connectivity index is 2.19. The van der Waals surface area contributed by atoms with Crippen LogP contribution in [0.1, 0.15) is 23.2 Å². The number of ether oxygens (including phenoxy) is 1. The number of nitrogens with two attached hydrogens (primary N) is 1. The Morgan fingerprint density at radius 2 is 2.12 bits per heavy atom. The fourth-order valence-corrected chi connectivity index (χ4v) is 1.93. The zero-order chi connectivity index (χ0) is 12.3. The van der Waals surface area contributed by atoms with E-state index in [9.17, 15) is 9.18 Å². The number of amides is 1. The molecule has 0 unspecified atom stereocenters. The van der Waals surface area contributed by atoms with E-state index >= 15 is 0 Å². The number of carbonyl (C=O) groups excluding carboxylic acids is 1. The quantitative estimate of drug-likeness (QED) is 0.827. The monoisotopic (exact) mass is 238 g/mol. The zero-order valence-electron chi connectivity index (χ0n) is 9.41. The van der Waals surface area contributed by atoms with Crippen LogP contribution in [0.3, 0.4) is 0 Å². The molecule has 0 atom stereocenters. The van der Waals surface area contributed by atoms with Crippen molar-refractivity contribution >= 4 is 5.91 Å². The number of hydrogen-bond acceptors (Lipinski definition) is 3. The minimum atomic E-state index is -0.799. The molecule has 0 bridgehead atoms. The standard InChI is InChI=1S/C12H15FN2O2/c13-9-2-1-3-10(11(9)12(14)16)17-8-4-6-15-7-5-8/h1-3,8,15H,4-7H2,(H2,14,16). The molecule has 0 saturated carbocycles. The van der Waals surface area contributed by atoms with Crippen molar-refractivity contribution in [3.05, 3.63) is 29.6 Å². The first-order valence-corrected chi connectivity index (χ1v) is 5.64. The highest BCUT2D eigenvalue weighted by Gasteiger charge is 2.20. The first-order valence-electron chi connectivity index (χ1n) is 5.64. The van der Waals surface area contributed by atoms with Crippen molar-refractivity contribution in [1.82, 2.24) is 5.32 Å². The highest BCUT2D eigenvalue weighted by atomic mass is 19.1. The van der Waals surface area contributed by atoms with Crippen molar-refractivity contribution in [2.45, 2.75) is 18.9 Å². The van der Waals surface area contributed by atoms with Crippen LogP contribution in [0.2, 0.25) is 0 Å². The summed E-state index contributed by atoms with van der Waals surface area (Å²) in [7, 11) is 0. The molecule has 1 fully saturated rings. The van der Waals surface area contributed by atoms with Gasteiger partial charge in [0.05, 0.1) is 0 Å². The fourth-order valence-electron chi connectivity index (χ4n) is 1.93. The summed E-state index contributed by atoms with van der Waals surface area (Å²) in [6.07, 6.45) is 1.69. The van der Waals surface area contributed by atoms with E-state index in [1.165, 1.54) is 12.1 Å². The van der Waals surface area contributed by atoms with Gasteiger partial charge >= 0.3 is 0 Å². The molecule has 3 N–H and O–H groups in total. The van der Waals surface area contributed by atoms with Gasteiger partial charge in [-0.3, -0.25) is 4.79 Å². The summed E-state index contributed by atoms with van der Waals surface area (Å²) in [5.41, 5.74) is 4.99. The van der Waals surface area contributed by atoms with Crippen molar-refractivity contribution in [1.29, 1.82) is 0 Å². The van der Waals surface area contributed by atoms with Gasteiger partial charge in [-0.05, 0) is 38.1 Å². The lowest BCUT2D eigenvalue weighted by molar-refractivity contribution is 0.0984. The molecule has 5 heteroatoms. The summed E-state index contributed by atoms with van der Waals surface area (Å²) in [5, 5.41) is 3.20. The lowest BCUT2D eigenvalue weighted by atomic mass is 10.1. The Labute approximate surface area is 98.9 Å². The van der Waals surface area contributed by atoms with Gasteiger partial charge in [-0.15, -0.1) is 0 Å². The molecule has 0 aliphatic carbocycles. The van der Waals surface area contributed by atoms with Crippen molar-refractivity contribution in [3.8, 4) is 5.75 Å². The van der Waals surface area contributed by atoms with Gasteiger partial charge in [0.15, 0.2) is 0 Å². The average Bonchev–Trinajstić information content (AvgIpc) is 2.30. The Hall–Kier alpha value is -1.62. The van der Waals surface area contributed by atoms with E-state index in [0.717, 1.165) is 25.9 Å². The third kappa shape index (κ3) is 2.74. The van der Waals surface area contributed by atoms with Gasteiger partial charge in [0, 0.05) is 0 Å². The maximum atomic E-state index is 13.5. The van der Waals surface area contributed by atoms with Crippen molar-refractivity contribution in [3.63, 3.8) is 0 Å². The van der Waals surface area contributed by atoms with Crippen molar-refractivity contribution in [2.24, 2.45) is 5.73 Å². The van der Waals surface area contributed by atoms with E-state index < -0.39 is 11.7 Å². The van der Waals surface area contributed by atoms with Crippen LogP contribution in [-0.4, -0.2) is 25.1 Å². The number of benzene rings is 1. The first kappa shape index (κ1) is 11.9. The number of halogens is 1. The number of primary amides is 1. The summed E-state index contributed by atoms with van der Waals surface area (Å²) < 4.78 is 19.1. The minimum Gasteiger partial charge on any atom is -0.489 e. The molecule has 0 radical (unpaired) electrons. The molecule has 2 rings (SSSR count). The molecule has 0 spiro atoms. The van der Waals surface area contributed by atoms with Gasteiger partial charge in [-0.25, -0.2) is 4.39 Å². The third-order valence-corrected chi connectivity index (χ3v) is 2.80. The molecule has 92 valence electrons. The fraction of sp³-hybridized carbons (Fsp3) is 0.417. The second-order valence-electron chi connectivity index (χ2n) is 4.04. The van der Waals surface area contributed by atoms with Crippen LogP contribution in [0.15, 0.2) is 18.2 Å². The highest BCUT2D eigenvalue weighted by molar-refractivity contribution is 5.95. The number of rotatable bonds is 3. The van der Waals surface area contributed by atoms with E-state index in [4.69, 9.17) is 10.5 Å². The Bertz CT molecular complexity index is 417. The SMILES string of the molecule is NC(=O)c1c(F)cccc1OC1CCNCC1. The second kappa shape index (κ2) is 5.14. The van der Waals surface area contributed by atoms with Crippen LogP contribution in [0.25, 0.3) is 0 Å². The van der Waals surface area contributed by atoms with Gasteiger partial charge in [-0.2, -0.15) is 0 Å². The van der Waals surface area contributed by atoms with Crippen molar-refractivity contribution in [2.75, 3.05) is 13.1 Å². The van der Waals surface area contributed by atoms with Crippen molar-refractivity contribution < 1.29 is 13.9 Å². The number of nitrogens with one attached hydrogen (secondary N) is 1. The molecule has 1 aliphatic rings. The van der Waals surface area contributed by atoms with E-state index in [1.54, 1.807) is 6.07 Å². The number of piperidine rings is 1.